The fourth-order valence-electron chi connectivity index (χ4n) is 4.21. The second-order valence-corrected chi connectivity index (χ2v) is 7.42. The Morgan fingerprint density at radius 3 is 2.97 bits per heavy atom. The van der Waals surface area contributed by atoms with Crippen molar-refractivity contribution in [1.82, 2.24) is 20.5 Å². The first kappa shape index (κ1) is 19.0. The molecule has 2 aliphatic rings. The van der Waals surface area contributed by atoms with Crippen LogP contribution in [-0.4, -0.2) is 36.1 Å². The fourth-order valence-corrected chi connectivity index (χ4v) is 4.21. The van der Waals surface area contributed by atoms with Crippen molar-refractivity contribution >= 4 is 22.4 Å². The Bertz CT molecular complexity index is 1180. The summed E-state index contributed by atoms with van der Waals surface area (Å²) in [6, 6.07) is 12.9. The summed E-state index contributed by atoms with van der Waals surface area (Å²) >= 11 is 0. The van der Waals surface area contributed by atoms with E-state index in [-0.39, 0.29) is 11.9 Å². The highest BCUT2D eigenvalue weighted by atomic mass is 16.5. The first-order valence-corrected chi connectivity index (χ1v) is 10.1. The molecule has 0 bridgehead atoms. The van der Waals surface area contributed by atoms with Crippen LogP contribution in [0.3, 0.4) is 0 Å². The summed E-state index contributed by atoms with van der Waals surface area (Å²) in [6.45, 7) is 1.15. The highest BCUT2D eigenvalue weighted by Crippen LogP contribution is 2.39. The molecule has 8 heteroatoms. The number of furan rings is 1. The van der Waals surface area contributed by atoms with Crippen LogP contribution in [0.5, 0.6) is 5.75 Å². The van der Waals surface area contributed by atoms with Gasteiger partial charge in [-0.3, -0.25) is 9.78 Å². The molecule has 0 saturated heterocycles. The molecule has 0 saturated carbocycles. The van der Waals surface area contributed by atoms with Gasteiger partial charge >= 0.3 is 0 Å². The topological polar surface area (TPSA) is 106 Å². The minimum atomic E-state index is -0.390. The standard InChI is InChI=1S/C23H23N5O3/c1-30-15-6-8-25-18(11-15)16(12-24)23(29)28-9-7-17-21(27-13-26-17)22(28)20-10-14-4-2-3-5-19(14)31-20/h2-6,8,10-12,22,26-27H,7,9,13,24H2,1H3/b16-12+/t22-/m1/s1. The molecule has 4 N–H and O–H groups in total. The van der Waals surface area contributed by atoms with E-state index in [4.69, 9.17) is 14.9 Å². The third kappa shape index (κ3) is 3.26. The molecule has 1 amide bonds. The maximum atomic E-state index is 13.7. The van der Waals surface area contributed by atoms with Crippen LogP contribution in [0.25, 0.3) is 16.5 Å². The van der Waals surface area contributed by atoms with Gasteiger partial charge in [0.1, 0.15) is 23.1 Å². The van der Waals surface area contributed by atoms with E-state index >= 15 is 0 Å². The summed E-state index contributed by atoms with van der Waals surface area (Å²) in [7, 11) is 1.57. The van der Waals surface area contributed by atoms with Crippen LogP contribution >= 0.6 is 0 Å². The summed E-state index contributed by atoms with van der Waals surface area (Å²) in [5.41, 5.74) is 9.52. The van der Waals surface area contributed by atoms with Gasteiger partial charge in [-0.1, -0.05) is 18.2 Å². The summed E-state index contributed by atoms with van der Waals surface area (Å²) < 4.78 is 11.5. The molecule has 8 nitrogen and oxygen atoms in total. The number of carbonyl (C=O) groups is 1. The maximum Gasteiger partial charge on any atom is 0.258 e. The average Bonchev–Trinajstić information content (AvgIpc) is 3.45. The van der Waals surface area contributed by atoms with Crippen molar-refractivity contribution in [3.8, 4) is 5.75 Å². The predicted molar refractivity (Wildman–Crippen MR) is 116 cm³/mol. The van der Waals surface area contributed by atoms with Crippen molar-refractivity contribution in [1.29, 1.82) is 0 Å². The molecule has 1 atom stereocenters. The lowest BCUT2D eigenvalue weighted by molar-refractivity contribution is -0.127. The number of amides is 1. The van der Waals surface area contributed by atoms with Crippen molar-refractivity contribution < 1.29 is 13.9 Å². The van der Waals surface area contributed by atoms with Gasteiger partial charge in [-0.25, -0.2) is 0 Å². The molecule has 0 radical (unpaired) electrons. The number of nitrogens with one attached hydrogen (secondary N) is 2. The molecule has 4 heterocycles. The molecular formula is C23H23N5O3. The number of ether oxygens (including phenoxy) is 1. The van der Waals surface area contributed by atoms with Gasteiger partial charge in [-0.2, -0.15) is 0 Å². The lowest BCUT2D eigenvalue weighted by Gasteiger charge is -2.35. The zero-order valence-corrected chi connectivity index (χ0v) is 17.1. The van der Waals surface area contributed by atoms with Crippen LogP contribution in [0, 0.1) is 0 Å². The number of nitrogens with two attached hydrogens (primary N) is 1. The Hall–Kier alpha value is -3.94. The van der Waals surface area contributed by atoms with E-state index in [1.807, 2.05) is 30.3 Å². The molecular weight excluding hydrogens is 394 g/mol. The van der Waals surface area contributed by atoms with Crippen LogP contribution in [0.15, 0.2) is 70.7 Å². The van der Waals surface area contributed by atoms with E-state index in [0.717, 1.165) is 22.4 Å². The fraction of sp³-hybridized carbons (Fsp3) is 0.217. The van der Waals surface area contributed by atoms with E-state index in [2.05, 4.69) is 15.6 Å². The quantitative estimate of drug-likeness (QED) is 0.560. The van der Waals surface area contributed by atoms with Crippen molar-refractivity contribution in [2.75, 3.05) is 20.3 Å². The lowest BCUT2D eigenvalue weighted by atomic mass is 9.99. The number of aromatic nitrogens is 1. The smallest absolute Gasteiger partial charge is 0.258 e. The number of methoxy groups -OCH3 is 1. The second-order valence-electron chi connectivity index (χ2n) is 7.42. The Kier molecular flexibility index (Phi) is 4.74. The number of carbonyl (C=O) groups excluding carboxylic acids is 1. The average molecular weight is 417 g/mol. The van der Waals surface area contributed by atoms with Crippen molar-refractivity contribution in [2.24, 2.45) is 5.73 Å². The highest BCUT2D eigenvalue weighted by molar-refractivity contribution is 6.19. The number of hydrogen-bond donors (Lipinski definition) is 3. The maximum absolute atomic E-state index is 13.7. The SMILES string of the molecule is COc1ccnc(/C(=C\N)C(=O)N2CCC3=C(NCN3)[C@H]2c2cc3ccccc3o2)c1. The van der Waals surface area contributed by atoms with Crippen LogP contribution < -0.4 is 21.1 Å². The first-order chi connectivity index (χ1) is 15.2. The van der Waals surface area contributed by atoms with Gasteiger partial charge in [0.25, 0.3) is 5.91 Å². The van der Waals surface area contributed by atoms with Crippen LogP contribution in [0.1, 0.15) is 23.9 Å². The van der Waals surface area contributed by atoms with Gasteiger partial charge in [-0.15, -0.1) is 0 Å². The molecule has 5 rings (SSSR count). The molecule has 0 fully saturated rings. The normalized spacial score (nSPS) is 18.5. The summed E-state index contributed by atoms with van der Waals surface area (Å²) in [6.07, 6.45) is 3.62. The van der Waals surface area contributed by atoms with Gasteiger partial charge < -0.3 is 30.4 Å². The predicted octanol–water partition coefficient (Wildman–Crippen LogP) is 2.47. The molecule has 2 aromatic heterocycles. The zero-order valence-electron chi connectivity index (χ0n) is 17.1. The summed E-state index contributed by atoms with van der Waals surface area (Å²) in [5.74, 6) is 1.10. The molecule has 0 aliphatic carbocycles. The minimum absolute atomic E-state index is 0.214. The number of pyridine rings is 1. The molecule has 3 aromatic rings. The molecule has 0 spiro atoms. The van der Waals surface area contributed by atoms with Gasteiger partial charge in [0, 0.05) is 42.5 Å². The summed E-state index contributed by atoms with van der Waals surface area (Å²) in [5, 5.41) is 7.73. The largest absolute Gasteiger partial charge is 0.497 e. The first-order valence-electron chi connectivity index (χ1n) is 10.1. The molecule has 31 heavy (non-hydrogen) atoms. The zero-order chi connectivity index (χ0) is 21.4. The third-order valence-corrected chi connectivity index (χ3v) is 5.71. The highest BCUT2D eigenvalue weighted by Gasteiger charge is 2.39. The van der Waals surface area contributed by atoms with Crippen molar-refractivity contribution in [2.45, 2.75) is 12.5 Å². The number of nitrogens with zero attached hydrogens (tertiary/aromatic N) is 2. The molecule has 1 aromatic carbocycles. The Morgan fingerprint density at radius 2 is 2.16 bits per heavy atom. The Balaban J connectivity index is 1.56. The molecule has 2 aliphatic heterocycles. The van der Waals surface area contributed by atoms with E-state index in [9.17, 15) is 4.79 Å². The number of para-hydroxylation sites is 1. The van der Waals surface area contributed by atoms with Crippen LogP contribution in [0.2, 0.25) is 0 Å². The van der Waals surface area contributed by atoms with Gasteiger partial charge in [0.15, 0.2) is 0 Å². The van der Waals surface area contributed by atoms with Crippen LogP contribution in [-0.2, 0) is 4.79 Å². The van der Waals surface area contributed by atoms with Crippen molar-refractivity contribution in [3.63, 3.8) is 0 Å². The van der Waals surface area contributed by atoms with Gasteiger partial charge in [-0.05, 0) is 18.2 Å². The number of rotatable bonds is 4. The molecule has 0 unspecified atom stereocenters. The number of benzene rings is 1. The number of fused-ring (bicyclic) bond motifs is 1. The third-order valence-electron chi connectivity index (χ3n) is 5.71. The van der Waals surface area contributed by atoms with E-state index in [1.54, 1.807) is 30.3 Å². The van der Waals surface area contributed by atoms with E-state index < -0.39 is 0 Å². The monoisotopic (exact) mass is 417 g/mol. The van der Waals surface area contributed by atoms with E-state index in [0.29, 0.717) is 42.4 Å². The summed E-state index contributed by atoms with van der Waals surface area (Å²) in [4.78, 5) is 19.8. The van der Waals surface area contributed by atoms with Crippen LogP contribution in [0.4, 0.5) is 0 Å². The minimum Gasteiger partial charge on any atom is -0.497 e. The Labute approximate surface area is 179 Å². The lowest BCUT2D eigenvalue weighted by Crippen LogP contribution is -2.42. The second kappa shape index (κ2) is 7.71. The van der Waals surface area contributed by atoms with Gasteiger partial charge in [0.05, 0.1) is 30.7 Å². The number of hydrogen-bond acceptors (Lipinski definition) is 7. The van der Waals surface area contributed by atoms with Crippen molar-refractivity contribution in [3.05, 3.63) is 77.7 Å². The van der Waals surface area contributed by atoms with E-state index in [1.165, 1.54) is 6.20 Å². The molecule has 158 valence electrons. The Morgan fingerprint density at radius 1 is 1.29 bits per heavy atom. The van der Waals surface area contributed by atoms with Gasteiger partial charge in [0.2, 0.25) is 0 Å².